The van der Waals surface area contributed by atoms with Crippen LogP contribution in [0.2, 0.25) is 0 Å². The van der Waals surface area contributed by atoms with E-state index in [-0.39, 0.29) is 25.7 Å². The van der Waals surface area contributed by atoms with Crippen molar-refractivity contribution in [3.8, 4) is 11.1 Å². The molecule has 1 aliphatic carbocycles. The van der Waals surface area contributed by atoms with Gasteiger partial charge in [-0.15, -0.1) is 0 Å². The molecule has 322 valence electrons. The van der Waals surface area contributed by atoms with Gasteiger partial charge in [0.2, 0.25) is 5.91 Å². The van der Waals surface area contributed by atoms with Gasteiger partial charge in [0.15, 0.2) is 12.2 Å². The van der Waals surface area contributed by atoms with Crippen LogP contribution in [0.3, 0.4) is 0 Å². The van der Waals surface area contributed by atoms with E-state index in [9.17, 15) is 33.6 Å². The lowest BCUT2D eigenvalue weighted by Gasteiger charge is -2.48. The molecular weight excluding hydrogens is 772 g/mol. The average molecular weight is 827 g/mol. The summed E-state index contributed by atoms with van der Waals surface area (Å²) >= 11 is 0. The van der Waals surface area contributed by atoms with Crippen LogP contribution in [0, 0.1) is 5.92 Å². The first kappa shape index (κ1) is 46.1. The smallest absolute Gasteiger partial charge is 0.407 e. The van der Waals surface area contributed by atoms with E-state index in [0.717, 1.165) is 57.1 Å². The molecule has 2 N–H and O–H groups in total. The summed E-state index contributed by atoms with van der Waals surface area (Å²) in [5.74, 6) is -7.83. The summed E-state index contributed by atoms with van der Waals surface area (Å²) in [6, 6.07) is 14.8. The highest BCUT2D eigenvalue weighted by Gasteiger charge is 2.59. The highest BCUT2D eigenvalue weighted by atomic mass is 16.7. The molecule has 2 amide bonds. The Morgan fingerprint density at radius 3 is 1.98 bits per heavy atom. The molecule has 6 atom stereocenters. The van der Waals surface area contributed by atoms with Crippen molar-refractivity contribution in [2.24, 2.45) is 5.92 Å². The van der Waals surface area contributed by atoms with Gasteiger partial charge in [0.25, 0.3) is 5.79 Å². The lowest BCUT2D eigenvalue weighted by atomic mass is 9.87. The van der Waals surface area contributed by atoms with E-state index in [0.29, 0.717) is 19.3 Å². The summed E-state index contributed by atoms with van der Waals surface area (Å²) in [5, 5.41) is 5.51. The number of esters is 5. The molecule has 17 heteroatoms. The highest BCUT2D eigenvalue weighted by molar-refractivity contribution is 5.81. The number of benzene rings is 2. The maximum absolute atomic E-state index is 13.6. The molecule has 59 heavy (non-hydrogen) atoms. The second-order valence-corrected chi connectivity index (χ2v) is 14.6. The fourth-order valence-electron chi connectivity index (χ4n) is 7.12. The number of nitrogens with one attached hydrogen (secondary N) is 2. The van der Waals surface area contributed by atoms with Crippen molar-refractivity contribution >= 4 is 41.8 Å². The van der Waals surface area contributed by atoms with Crippen LogP contribution in [0.25, 0.3) is 11.1 Å². The van der Waals surface area contributed by atoms with E-state index in [2.05, 4.69) is 22.8 Å². The first-order valence-electron chi connectivity index (χ1n) is 19.5. The molecule has 0 spiro atoms. The highest BCUT2D eigenvalue weighted by Crippen LogP contribution is 2.44. The molecule has 17 nitrogen and oxygen atoms in total. The number of methoxy groups -OCH3 is 1. The zero-order valence-corrected chi connectivity index (χ0v) is 34.4. The van der Waals surface area contributed by atoms with E-state index in [1.807, 2.05) is 36.4 Å². The predicted octanol–water partition coefficient (Wildman–Crippen LogP) is 3.87. The topological polar surface area (TPSA) is 217 Å². The third-order valence-electron chi connectivity index (χ3n) is 9.73. The Morgan fingerprint density at radius 1 is 0.797 bits per heavy atom. The molecule has 0 saturated carbocycles. The maximum atomic E-state index is 13.6. The van der Waals surface area contributed by atoms with Crippen LogP contribution < -0.4 is 10.6 Å². The number of hydrogen-bond donors (Lipinski definition) is 2. The number of ether oxygens (including phenoxy) is 8. The molecule has 1 heterocycles. The summed E-state index contributed by atoms with van der Waals surface area (Å²) in [5.41, 5.74) is 4.44. The van der Waals surface area contributed by atoms with Gasteiger partial charge in [0.05, 0.1) is 26.2 Å². The van der Waals surface area contributed by atoms with E-state index in [1.165, 1.54) is 0 Å². The minimum atomic E-state index is -2.31. The Morgan fingerprint density at radius 2 is 1.42 bits per heavy atom. The van der Waals surface area contributed by atoms with Gasteiger partial charge in [0, 0.05) is 46.1 Å². The summed E-state index contributed by atoms with van der Waals surface area (Å²) in [6.07, 6.45) is -5.83. The van der Waals surface area contributed by atoms with Crippen molar-refractivity contribution in [2.45, 2.75) is 109 Å². The molecule has 2 aromatic carbocycles. The third-order valence-corrected chi connectivity index (χ3v) is 9.73. The lowest BCUT2D eigenvalue weighted by molar-refractivity contribution is -0.314. The molecule has 0 radical (unpaired) electrons. The molecule has 1 fully saturated rings. The quantitative estimate of drug-likeness (QED) is 0.117. The molecule has 2 aromatic rings. The largest absolute Gasteiger partial charge is 0.465 e. The zero-order valence-electron chi connectivity index (χ0n) is 34.4. The Kier molecular flexibility index (Phi) is 16.8. The van der Waals surface area contributed by atoms with Crippen LogP contribution in [-0.2, 0) is 66.7 Å². The number of rotatable bonds is 19. The molecule has 1 saturated heterocycles. The maximum Gasteiger partial charge on any atom is 0.407 e. The van der Waals surface area contributed by atoms with Gasteiger partial charge in [-0.1, -0.05) is 62.4 Å². The minimum Gasteiger partial charge on any atom is -0.465 e. The van der Waals surface area contributed by atoms with E-state index >= 15 is 0 Å². The standard InChI is InChI=1S/C42H54N2O15/c1-24(2)39(49)44-36-34(56-26(4)46)21-42(40(50)52-7,59-38(36)37(58-28(6)48)35(57-27(5)47)23-53-25(3)45)55-20-14-8-13-19-43-41(51)54-22-33-31-17-11-9-15-29(31)30-16-10-12-18-32(30)33/h9-12,15-18,24,33-38H,8,13-14,19-23H2,1-7H3,(H,43,51)(H,44,49)/t34-,35+,36+,37+,38+,42+/m0/s1. The van der Waals surface area contributed by atoms with Crippen LogP contribution in [0.15, 0.2) is 48.5 Å². The third kappa shape index (κ3) is 12.5. The lowest BCUT2D eigenvalue weighted by Crippen LogP contribution is -2.69. The van der Waals surface area contributed by atoms with Crippen molar-refractivity contribution in [1.82, 2.24) is 10.6 Å². The summed E-state index contributed by atoms with van der Waals surface area (Å²) in [7, 11) is 1.08. The molecule has 0 aromatic heterocycles. The van der Waals surface area contributed by atoms with Gasteiger partial charge in [0.1, 0.15) is 25.4 Å². The van der Waals surface area contributed by atoms with Crippen LogP contribution in [0.4, 0.5) is 4.79 Å². The second kappa shape index (κ2) is 21.5. The first-order valence-corrected chi connectivity index (χ1v) is 19.5. The van der Waals surface area contributed by atoms with Crippen molar-refractivity contribution < 1.29 is 71.5 Å². The summed E-state index contributed by atoms with van der Waals surface area (Å²) in [6.45, 7) is 7.30. The Balaban J connectivity index is 1.46. The van der Waals surface area contributed by atoms with E-state index < -0.39 is 97.0 Å². The van der Waals surface area contributed by atoms with Crippen LogP contribution >= 0.6 is 0 Å². The molecular formula is C42H54N2O15. The number of fused-ring (bicyclic) bond motifs is 3. The molecule has 1 aliphatic heterocycles. The van der Waals surface area contributed by atoms with Crippen molar-refractivity contribution in [1.29, 1.82) is 0 Å². The predicted molar refractivity (Wildman–Crippen MR) is 207 cm³/mol. The zero-order chi connectivity index (χ0) is 43.3. The SMILES string of the molecule is COC(=O)[C@@]1(OCCCCCNC(=O)OCC2c3ccccc3-c3ccccc32)C[C@H](OC(C)=O)[C@@H](NC(=O)C(C)C)[C@H]([C@H](OC(C)=O)[C@@H](COC(C)=O)OC(C)=O)O1. The number of unbranched alkanes of at least 4 members (excludes halogenated alkanes) is 2. The van der Waals surface area contributed by atoms with Crippen molar-refractivity contribution in [3.63, 3.8) is 0 Å². The number of amides is 2. The molecule has 2 aliphatic rings. The number of hydrogen-bond acceptors (Lipinski definition) is 15. The van der Waals surface area contributed by atoms with E-state index in [1.54, 1.807) is 13.8 Å². The van der Waals surface area contributed by atoms with Gasteiger partial charge in [-0.3, -0.25) is 24.0 Å². The van der Waals surface area contributed by atoms with Crippen LogP contribution in [0.5, 0.6) is 0 Å². The van der Waals surface area contributed by atoms with Gasteiger partial charge in [-0.25, -0.2) is 9.59 Å². The molecule has 0 bridgehead atoms. The average Bonchev–Trinajstić information content (AvgIpc) is 3.50. The van der Waals surface area contributed by atoms with E-state index in [4.69, 9.17) is 37.9 Å². The fourth-order valence-corrected chi connectivity index (χ4v) is 7.12. The Bertz CT molecular complexity index is 1790. The molecule has 0 unspecified atom stereocenters. The summed E-state index contributed by atoms with van der Waals surface area (Å²) < 4.78 is 45.0. The monoisotopic (exact) mass is 826 g/mol. The van der Waals surface area contributed by atoms with Crippen molar-refractivity contribution in [3.05, 3.63) is 59.7 Å². The van der Waals surface area contributed by atoms with Gasteiger partial charge in [-0.2, -0.15) is 0 Å². The van der Waals surface area contributed by atoms with Crippen molar-refractivity contribution in [2.75, 3.05) is 33.5 Å². The van der Waals surface area contributed by atoms with Gasteiger partial charge < -0.3 is 48.5 Å². The van der Waals surface area contributed by atoms with Gasteiger partial charge in [-0.05, 0) is 41.5 Å². The molecule has 4 rings (SSSR count). The fraction of sp³-hybridized carbons (Fsp3) is 0.548. The Labute approximate surface area is 343 Å². The summed E-state index contributed by atoms with van der Waals surface area (Å²) in [4.78, 5) is 88.5. The number of carbonyl (C=O) groups is 7. The van der Waals surface area contributed by atoms with Crippen LogP contribution in [-0.4, -0.2) is 112 Å². The minimum absolute atomic E-state index is 0.0815. The van der Waals surface area contributed by atoms with Crippen LogP contribution in [0.1, 0.15) is 84.3 Å². The normalized spacial score (nSPS) is 20.5. The second-order valence-electron chi connectivity index (χ2n) is 14.6. The first-order chi connectivity index (χ1) is 28.1. The number of carbonyl (C=O) groups excluding carboxylic acids is 7. The number of alkyl carbamates (subject to hydrolysis) is 1. The van der Waals surface area contributed by atoms with Gasteiger partial charge >= 0.3 is 35.9 Å². The Hall–Kier alpha value is -5.55.